The first-order valence-electron chi connectivity index (χ1n) is 7.48. The minimum Gasteiger partial charge on any atom is -0.353 e. The van der Waals surface area contributed by atoms with Crippen LogP contribution in [0.5, 0.6) is 0 Å². The Kier molecular flexibility index (Phi) is 5.45. The fourth-order valence-corrected chi connectivity index (χ4v) is 3.00. The van der Waals surface area contributed by atoms with E-state index in [0.717, 1.165) is 19.5 Å². The van der Waals surface area contributed by atoms with Gasteiger partial charge in [0.15, 0.2) is 0 Å². The first-order chi connectivity index (χ1) is 8.77. The van der Waals surface area contributed by atoms with E-state index in [1.165, 1.54) is 45.1 Å². The van der Waals surface area contributed by atoms with E-state index in [1.54, 1.807) is 0 Å². The van der Waals surface area contributed by atoms with Crippen molar-refractivity contribution in [1.29, 1.82) is 0 Å². The molecule has 2 aliphatic rings. The van der Waals surface area contributed by atoms with Gasteiger partial charge in [-0.05, 0) is 45.8 Å². The van der Waals surface area contributed by atoms with Gasteiger partial charge in [-0.25, -0.2) is 0 Å². The first-order valence-corrected chi connectivity index (χ1v) is 7.48. The molecule has 0 bridgehead atoms. The van der Waals surface area contributed by atoms with Gasteiger partial charge in [-0.2, -0.15) is 0 Å². The molecule has 2 rings (SSSR count). The Balaban J connectivity index is 1.72. The zero-order valence-corrected chi connectivity index (χ0v) is 11.6. The Morgan fingerprint density at radius 3 is 2.89 bits per heavy atom. The maximum Gasteiger partial charge on any atom is 0.237 e. The summed E-state index contributed by atoms with van der Waals surface area (Å²) in [5.74, 6) is 0.205. The molecular formula is C14H27N3O. The largest absolute Gasteiger partial charge is 0.353 e. The fourth-order valence-electron chi connectivity index (χ4n) is 3.00. The Morgan fingerprint density at radius 1 is 1.22 bits per heavy atom. The summed E-state index contributed by atoms with van der Waals surface area (Å²) in [5.41, 5.74) is 0. The molecule has 2 atom stereocenters. The summed E-state index contributed by atoms with van der Waals surface area (Å²) >= 11 is 0. The van der Waals surface area contributed by atoms with E-state index in [-0.39, 0.29) is 11.9 Å². The highest BCUT2D eigenvalue weighted by atomic mass is 16.2. The monoisotopic (exact) mass is 253 g/mol. The normalized spacial score (nSPS) is 30.7. The lowest BCUT2D eigenvalue weighted by Crippen LogP contribution is -2.49. The second-order valence-electron chi connectivity index (χ2n) is 5.73. The average Bonchev–Trinajstić information content (AvgIpc) is 2.66. The van der Waals surface area contributed by atoms with E-state index in [1.807, 2.05) is 0 Å². The van der Waals surface area contributed by atoms with Gasteiger partial charge in [-0.1, -0.05) is 19.3 Å². The van der Waals surface area contributed by atoms with Gasteiger partial charge < -0.3 is 15.5 Å². The van der Waals surface area contributed by atoms with Crippen LogP contribution in [-0.2, 0) is 4.79 Å². The van der Waals surface area contributed by atoms with Crippen LogP contribution < -0.4 is 10.6 Å². The Bertz CT molecular complexity index is 262. The summed E-state index contributed by atoms with van der Waals surface area (Å²) < 4.78 is 0. The number of likely N-dealkylation sites (N-methyl/N-ethyl adjacent to an activating group) is 1. The number of hydrogen-bond acceptors (Lipinski definition) is 3. The molecule has 2 fully saturated rings. The molecule has 0 radical (unpaired) electrons. The molecule has 0 aromatic carbocycles. The van der Waals surface area contributed by atoms with Crippen LogP contribution in [0, 0.1) is 0 Å². The zero-order valence-electron chi connectivity index (χ0n) is 11.6. The number of carbonyl (C=O) groups is 1. The summed E-state index contributed by atoms with van der Waals surface area (Å²) in [7, 11) is 2.17. The molecule has 2 N–H and O–H groups in total. The highest BCUT2D eigenvalue weighted by Crippen LogP contribution is 2.14. The molecule has 104 valence electrons. The third kappa shape index (κ3) is 3.95. The highest BCUT2D eigenvalue weighted by molar-refractivity contribution is 5.81. The van der Waals surface area contributed by atoms with Gasteiger partial charge in [0.1, 0.15) is 0 Å². The summed E-state index contributed by atoms with van der Waals surface area (Å²) in [6.45, 7) is 2.97. The van der Waals surface area contributed by atoms with Gasteiger partial charge in [0, 0.05) is 12.6 Å². The molecule has 18 heavy (non-hydrogen) atoms. The van der Waals surface area contributed by atoms with E-state index in [2.05, 4.69) is 22.6 Å². The molecule has 2 aliphatic heterocycles. The van der Waals surface area contributed by atoms with Crippen LogP contribution in [0.3, 0.4) is 0 Å². The van der Waals surface area contributed by atoms with E-state index >= 15 is 0 Å². The van der Waals surface area contributed by atoms with E-state index < -0.39 is 0 Å². The molecule has 0 aromatic rings. The average molecular weight is 253 g/mol. The van der Waals surface area contributed by atoms with Gasteiger partial charge in [-0.15, -0.1) is 0 Å². The van der Waals surface area contributed by atoms with E-state index in [0.29, 0.717) is 6.04 Å². The van der Waals surface area contributed by atoms with Crippen molar-refractivity contribution in [3.05, 3.63) is 0 Å². The van der Waals surface area contributed by atoms with Crippen LogP contribution in [0.1, 0.15) is 44.9 Å². The lowest BCUT2D eigenvalue weighted by atomic mass is 10.0. The van der Waals surface area contributed by atoms with Crippen molar-refractivity contribution < 1.29 is 4.79 Å². The lowest BCUT2D eigenvalue weighted by molar-refractivity contribution is -0.123. The SMILES string of the molecule is CN1CCCCC1CNC(=O)C1CCCCCN1. The molecule has 2 heterocycles. The Labute approximate surface area is 110 Å². The zero-order chi connectivity index (χ0) is 12.8. The third-order valence-electron chi connectivity index (χ3n) is 4.31. The number of hydrogen-bond donors (Lipinski definition) is 2. The highest BCUT2D eigenvalue weighted by Gasteiger charge is 2.22. The first kappa shape index (κ1) is 13.8. The number of carbonyl (C=O) groups excluding carboxylic acids is 1. The van der Waals surface area contributed by atoms with Crippen LogP contribution in [0.25, 0.3) is 0 Å². The molecule has 0 aliphatic carbocycles. The van der Waals surface area contributed by atoms with Gasteiger partial charge in [-0.3, -0.25) is 4.79 Å². The van der Waals surface area contributed by atoms with Gasteiger partial charge in [0.25, 0.3) is 0 Å². The number of likely N-dealkylation sites (tertiary alicyclic amines) is 1. The van der Waals surface area contributed by atoms with Gasteiger partial charge in [0.05, 0.1) is 6.04 Å². The Morgan fingerprint density at radius 2 is 2.06 bits per heavy atom. The molecule has 0 saturated carbocycles. The van der Waals surface area contributed by atoms with Crippen molar-refractivity contribution in [2.75, 3.05) is 26.7 Å². The summed E-state index contributed by atoms with van der Waals surface area (Å²) in [5, 5.41) is 6.49. The number of nitrogens with zero attached hydrogens (tertiary/aromatic N) is 1. The van der Waals surface area contributed by atoms with Crippen LogP contribution in [-0.4, -0.2) is 49.6 Å². The number of rotatable bonds is 3. The maximum absolute atomic E-state index is 12.1. The summed E-state index contributed by atoms with van der Waals surface area (Å²) in [4.78, 5) is 14.5. The van der Waals surface area contributed by atoms with Crippen LogP contribution in [0.15, 0.2) is 0 Å². The lowest BCUT2D eigenvalue weighted by Gasteiger charge is -2.32. The molecule has 0 spiro atoms. The van der Waals surface area contributed by atoms with Crippen molar-refractivity contribution >= 4 is 5.91 Å². The van der Waals surface area contributed by atoms with Crippen molar-refractivity contribution in [3.8, 4) is 0 Å². The minimum atomic E-state index is 0.0430. The fraction of sp³-hybridized carbons (Fsp3) is 0.929. The van der Waals surface area contributed by atoms with Crippen molar-refractivity contribution in [2.45, 2.75) is 57.0 Å². The number of piperidine rings is 1. The number of amides is 1. The van der Waals surface area contributed by atoms with E-state index in [9.17, 15) is 4.79 Å². The summed E-state index contributed by atoms with van der Waals surface area (Å²) in [6, 6.07) is 0.579. The van der Waals surface area contributed by atoms with Gasteiger partial charge >= 0.3 is 0 Å². The van der Waals surface area contributed by atoms with Crippen molar-refractivity contribution in [3.63, 3.8) is 0 Å². The molecule has 1 amide bonds. The van der Waals surface area contributed by atoms with Gasteiger partial charge in [0.2, 0.25) is 5.91 Å². The second-order valence-corrected chi connectivity index (χ2v) is 5.73. The van der Waals surface area contributed by atoms with E-state index in [4.69, 9.17) is 0 Å². The smallest absolute Gasteiger partial charge is 0.237 e. The molecule has 2 saturated heterocycles. The quantitative estimate of drug-likeness (QED) is 0.792. The van der Waals surface area contributed by atoms with Crippen LogP contribution in [0.2, 0.25) is 0 Å². The second kappa shape index (κ2) is 7.10. The van der Waals surface area contributed by atoms with Crippen molar-refractivity contribution in [2.24, 2.45) is 0 Å². The van der Waals surface area contributed by atoms with Crippen LogP contribution in [0.4, 0.5) is 0 Å². The number of nitrogens with one attached hydrogen (secondary N) is 2. The van der Waals surface area contributed by atoms with Crippen LogP contribution >= 0.6 is 0 Å². The molecule has 2 unspecified atom stereocenters. The topological polar surface area (TPSA) is 44.4 Å². The minimum absolute atomic E-state index is 0.0430. The molecule has 0 aromatic heterocycles. The summed E-state index contributed by atoms with van der Waals surface area (Å²) in [6.07, 6.45) is 8.44. The predicted molar refractivity (Wildman–Crippen MR) is 73.5 cm³/mol. The molecular weight excluding hydrogens is 226 g/mol. The third-order valence-corrected chi connectivity index (χ3v) is 4.31. The molecule has 4 nitrogen and oxygen atoms in total. The molecule has 4 heteroatoms. The predicted octanol–water partition coefficient (Wildman–Crippen LogP) is 1.12. The standard InChI is InChI=1S/C14H27N3O/c1-17-10-6-4-7-12(17)11-16-14(18)13-8-3-2-5-9-15-13/h12-13,15H,2-11H2,1H3,(H,16,18). The maximum atomic E-state index is 12.1. The van der Waals surface area contributed by atoms with Crippen molar-refractivity contribution in [1.82, 2.24) is 15.5 Å². The Hall–Kier alpha value is -0.610.